The molecule has 3 unspecified atom stereocenters. The summed E-state index contributed by atoms with van der Waals surface area (Å²) in [6.07, 6.45) is 7.71. The minimum Gasteiger partial charge on any atom is -0.480 e. The van der Waals surface area contributed by atoms with E-state index in [2.05, 4.69) is 5.32 Å². The third-order valence-corrected chi connectivity index (χ3v) is 7.15. The molecule has 1 aromatic rings. The molecule has 0 aromatic heterocycles. The first-order valence-electron chi connectivity index (χ1n) is 11.4. The molecule has 4 aliphatic rings. The summed E-state index contributed by atoms with van der Waals surface area (Å²) in [4.78, 5) is 42.1. The number of rotatable bonds is 2. The summed E-state index contributed by atoms with van der Waals surface area (Å²) in [6, 6.07) is 3.08. The van der Waals surface area contributed by atoms with E-state index in [9.17, 15) is 14.4 Å². The molecule has 3 amide bonds. The van der Waals surface area contributed by atoms with E-state index in [-0.39, 0.29) is 29.7 Å². The molecule has 1 aromatic carbocycles. The minimum atomic E-state index is -0.529. The number of carbonyl (C=O) groups excluding carboxylic acids is 3. The van der Waals surface area contributed by atoms with Gasteiger partial charge in [0.2, 0.25) is 17.7 Å². The molecular weight excluding hydrogens is 422 g/mol. The average Bonchev–Trinajstić information content (AvgIpc) is 2.92. The lowest BCUT2D eigenvalue weighted by Gasteiger charge is -2.32. The van der Waals surface area contributed by atoms with Crippen LogP contribution < -0.4 is 14.8 Å². The number of fused-ring (bicyclic) bond motifs is 4. The third-order valence-electron chi connectivity index (χ3n) is 7.15. The van der Waals surface area contributed by atoms with Crippen molar-refractivity contribution in [3.05, 3.63) is 42.2 Å². The van der Waals surface area contributed by atoms with Crippen molar-refractivity contribution in [2.24, 2.45) is 5.92 Å². The quantitative estimate of drug-likeness (QED) is 0.747. The van der Waals surface area contributed by atoms with E-state index >= 15 is 0 Å². The van der Waals surface area contributed by atoms with Crippen LogP contribution in [0, 0.1) is 5.92 Å². The molecule has 0 radical (unpaired) electrons. The van der Waals surface area contributed by atoms with E-state index in [0.29, 0.717) is 36.6 Å². The normalized spacial score (nSPS) is 29.9. The Kier molecular flexibility index (Phi) is 4.99. The van der Waals surface area contributed by atoms with Crippen LogP contribution in [0.3, 0.4) is 0 Å². The largest absolute Gasteiger partial charge is 0.480 e. The van der Waals surface area contributed by atoms with Gasteiger partial charge in [0.05, 0.1) is 17.9 Å². The van der Waals surface area contributed by atoms with Gasteiger partial charge < -0.3 is 24.6 Å². The molecule has 1 fully saturated rings. The van der Waals surface area contributed by atoms with Gasteiger partial charge in [-0.1, -0.05) is 19.1 Å². The summed E-state index contributed by atoms with van der Waals surface area (Å²) < 4.78 is 11.9. The molecular formula is C25H29N3O5. The first kappa shape index (κ1) is 21.6. The van der Waals surface area contributed by atoms with Gasteiger partial charge in [0.1, 0.15) is 11.6 Å². The fourth-order valence-electron chi connectivity index (χ4n) is 5.33. The monoisotopic (exact) mass is 451 g/mol. The zero-order valence-electron chi connectivity index (χ0n) is 19.3. The first-order chi connectivity index (χ1) is 15.7. The molecule has 5 rings (SSSR count). The standard InChI is InChI=1S/C25H29N3O5/c1-14-13-28-17(6-5-7-20(28)29)24(31)27(4)18(14)12-16-15-8-9-19-22(21(15)26-23(16)30)32-11-10-25(2,3)33-19/h5,7-11,14,16-18H,6,12-13H2,1-4H3,(H,26,30)/t14-,16?,17?,18?/m0/s1. The maximum absolute atomic E-state index is 13.2. The van der Waals surface area contributed by atoms with E-state index in [4.69, 9.17) is 9.47 Å². The molecule has 0 spiro atoms. The van der Waals surface area contributed by atoms with Crippen LogP contribution in [0.4, 0.5) is 5.69 Å². The second-order valence-corrected chi connectivity index (χ2v) is 9.90. The van der Waals surface area contributed by atoms with Crippen molar-refractivity contribution in [3.63, 3.8) is 0 Å². The van der Waals surface area contributed by atoms with E-state index in [1.807, 2.05) is 39.0 Å². The number of nitrogens with one attached hydrogen (secondary N) is 1. The van der Waals surface area contributed by atoms with Gasteiger partial charge >= 0.3 is 0 Å². The summed E-state index contributed by atoms with van der Waals surface area (Å²) in [7, 11) is 1.78. The van der Waals surface area contributed by atoms with Crippen LogP contribution in [0.25, 0.3) is 0 Å². The lowest BCUT2D eigenvalue weighted by atomic mass is 9.87. The number of nitrogens with zero attached hydrogens (tertiary/aromatic N) is 2. The number of benzene rings is 1. The van der Waals surface area contributed by atoms with Gasteiger partial charge in [0, 0.05) is 19.6 Å². The predicted octanol–water partition coefficient (Wildman–Crippen LogP) is 2.81. The van der Waals surface area contributed by atoms with Crippen LogP contribution in [0.5, 0.6) is 11.5 Å². The van der Waals surface area contributed by atoms with Crippen LogP contribution >= 0.6 is 0 Å². The lowest BCUT2D eigenvalue weighted by Crippen LogP contribution is -2.49. The lowest BCUT2D eigenvalue weighted by molar-refractivity contribution is -0.142. The number of ether oxygens (including phenoxy) is 2. The van der Waals surface area contributed by atoms with Crippen molar-refractivity contribution in [3.8, 4) is 11.5 Å². The molecule has 0 bridgehead atoms. The maximum Gasteiger partial charge on any atom is 0.246 e. The first-order valence-corrected chi connectivity index (χ1v) is 11.4. The summed E-state index contributed by atoms with van der Waals surface area (Å²) in [5, 5.41) is 2.98. The highest BCUT2D eigenvalue weighted by Crippen LogP contribution is 2.48. The van der Waals surface area contributed by atoms with E-state index < -0.39 is 17.6 Å². The summed E-state index contributed by atoms with van der Waals surface area (Å²) in [5.74, 6) is 0.329. The molecule has 4 aliphatic heterocycles. The van der Waals surface area contributed by atoms with Gasteiger partial charge in [-0.25, -0.2) is 0 Å². The zero-order chi connectivity index (χ0) is 23.5. The third kappa shape index (κ3) is 3.57. The van der Waals surface area contributed by atoms with Crippen molar-refractivity contribution in [2.75, 3.05) is 18.9 Å². The number of anilines is 1. The van der Waals surface area contributed by atoms with Crippen LogP contribution in [0.1, 0.15) is 45.1 Å². The molecule has 4 heterocycles. The van der Waals surface area contributed by atoms with Crippen molar-refractivity contribution in [1.29, 1.82) is 0 Å². The van der Waals surface area contributed by atoms with Crippen molar-refractivity contribution >= 4 is 23.4 Å². The number of likely N-dealkylation sites (N-methyl/N-ethyl adjacent to an activating group) is 1. The Morgan fingerprint density at radius 1 is 1.21 bits per heavy atom. The summed E-state index contributed by atoms with van der Waals surface area (Å²) >= 11 is 0. The average molecular weight is 452 g/mol. The number of amides is 3. The number of hydrogen-bond acceptors (Lipinski definition) is 5. The molecule has 8 heteroatoms. The van der Waals surface area contributed by atoms with Crippen LogP contribution in [-0.2, 0) is 14.4 Å². The minimum absolute atomic E-state index is 0.0143. The molecule has 0 aliphatic carbocycles. The Bertz CT molecular complexity index is 1090. The molecule has 1 N–H and O–H groups in total. The Hall–Kier alpha value is -3.29. The smallest absolute Gasteiger partial charge is 0.246 e. The maximum atomic E-state index is 13.2. The Morgan fingerprint density at radius 3 is 2.79 bits per heavy atom. The molecule has 1 saturated heterocycles. The Morgan fingerprint density at radius 2 is 2.00 bits per heavy atom. The highest BCUT2D eigenvalue weighted by Gasteiger charge is 2.44. The van der Waals surface area contributed by atoms with E-state index in [1.54, 1.807) is 35.3 Å². The zero-order valence-corrected chi connectivity index (χ0v) is 19.3. The second kappa shape index (κ2) is 7.64. The van der Waals surface area contributed by atoms with E-state index in [0.717, 1.165) is 5.56 Å². The van der Waals surface area contributed by atoms with Gasteiger partial charge in [0.25, 0.3) is 0 Å². The van der Waals surface area contributed by atoms with Crippen molar-refractivity contribution < 1.29 is 23.9 Å². The molecule has 4 atom stereocenters. The fourth-order valence-corrected chi connectivity index (χ4v) is 5.33. The molecule has 174 valence electrons. The topological polar surface area (TPSA) is 88.2 Å². The Labute approximate surface area is 193 Å². The van der Waals surface area contributed by atoms with Gasteiger partial charge in [-0.05, 0) is 56.4 Å². The predicted molar refractivity (Wildman–Crippen MR) is 122 cm³/mol. The molecule has 0 saturated carbocycles. The molecule has 8 nitrogen and oxygen atoms in total. The van der Waals surface area contributed by atoms with Gasteiger partial charge in [-0.3, -0.25) is 14.4 Å². The highest BCUT2D eigenvalue weighted by molar-refractivity contribution is 6.05. The Balaban J connectivity index is 1.44. The van der Waals surface area contributed by atoms with Crippen molar-refractivity contribution in [2.45, 2.75) is 57.2 Å². The number of hydrogen-bond donors (Lipinski definition) is 1. The van der Waals surface area contributed by atoms with Gasteiger partial charge in [0.15, 0.2) is 11.5 Å². The van der Waals surface area contributed by atoms with Gasteiger partial charge in [-0.2, -0.15) is 0 Å². The summed E-state index contributed by atoms with van der Waals surface area (Å²) in [6.45, 7) is 6.39. The summed E-state index contributed by atoms with van der Waals surface area (Å²) in [5.41, 5.74) is 0.929. The van der Waals surface area contributed by atoms with Crippen molar-refractivity contribution in [1.82, 2.24) is 9.80 Å². The molecule has 33 heavy (non-hydrogen) atoms. The SMILES string of the molecule is C[C@H]1CN2C(=O)C=CCC2C(=O)N(C)C1CC1C(=O)Nc2c1ccc1c2OC=CC(C)(C)O1. The second-order valence-electron chi connectivity index (χ2n) is 9.90. The number of carbonyl (C=O) groups is 3. The fraction of sp³-hybridized carbons (Fsp3) is 0.480. The van der Waals surface area contributed by atoms with Gasteiger partial charge in [-0.15, -0.1) is 0 Å². The van der Waals surface area contributed by atoms with Crippen LogP contribution in [0.2, 0.25) is 0 Å². The van der Waals surface area contributed by atoms with Crippen LogP contribution in [0.15, 0.2) is 36.6 Å². The highest BCUT2D eigenvalue weighted by atomic mass is 16.5. The van der Waals surface area contributed by atoms with E-state index in [1.165, 1.54) is 0 Å². The van der Waals surface area contributed by atoms with Crippen LogP contribution in [-0.4, -0.2) is 58.8 Å².